The van der Waals surface area contributed by atoms with Crippen molar-refractivity contribution in [3.05, 3.63) is 0 Å². The van der Waals surface area contributed by atoms with Crippen LogP contribution in [-0.2, 0) is 9.59 Å². The van der Waals surface area contributed by atoms with Crippen LogP contribution in [0, 0.1) is 5.92 Å². The molecule has 0 rings (SSSR count). The SMILES string of the molecule is CCCCCCCC(=O)N[C@@H](C(=O)O)C(C)C. The van der Waals surface area contributed by atoms with Crippen LogP contribution in [0.4, 0.5) is 0 Å². The first-order chi connectivity index (χ1) is 7.99. The molecular weight excluding hydrogens is 218 g/mol. The second-order valence-electron chi connectivity index (χ2n) is 4.79. The smallest absolute Gasteiger partial charge is 0.326 e. The highest BCUT2D eigenvalue weighted by atomic mass is 16.4. The summed E-state index contributed by atoms with van der Waals surface area (Å²) < 4.78 is 0. The average molecular weight is 243 g/mol. The lowest BCUT2D eigenvalue weighted by atomic mass is 10.0. The molecule has 1 amide bonds. The molecule has 0 fully saturated rings. The highest BCUT2D eigenvalue weighted by Gasteiger charge is 2.22. The summed E-state index contributed by atoms with van der Waals surface area (Å²) in [4.78, 5) is 22.4. The van der Waals surface area contributed by atoms with E-state index in [9.17, 15) is 9.59 Å². The topological polar surface area (TPSA) is 66.4 Å². The van der Waals surface area contributed by atoms with Gasteiger partial charge in [-0.25, -0.2) is 4.79 Å². The lowest BCUT2D eigenvalue weighted by molar-refractivity contribution is -0.143. The summed E-state index contributed by atoms with van der Waals surface area (Å²) in [5.74, 6) is -1.20. The molecule has 0 bridgehead atoms. The molecule has 0 aromatic heterocycles. The lowest BCUT2D eigenvalue weighted by Crippen LogP contribution is -2.44. The van der Waals surface area contributed by atoms with E-state index in [1.54, 1.807) is 13.8 Å². The van der Waals surface area contributed by atoms with E-state index >= 15 is 0 Å². The van der Waals surface area contributed by atoms with Gasteiger partial charge in [-0.2, -0.15) is 0 Å². The Morgan fingerprint density at radius 1 is 1.12 bits per heavy atom. The summed E-state index contributed by atoms with van der Waals surface area (Å²) in [6.45, 7) is 5.73. The Bertz CT molecular complexity index is 239. The number of hydrogen-bond donors (Lipinski definition) is 2. The third-order valence-electron chi connectivity index (χ3n) is 2.76. The number of nitrogens with one attached hydrogen (secondary N) is 1. The second kappa shape index (κ2) is 9.02. The van der Waals surface area contributed by atoms with Gasteiger partial charge in [0, 0.05) is 6.42 Å². The van der Waals surface area contributed by atoms with Crippen LogP contribution in [0.25, 0.3) is 0 Å². The fourth-order valence-corrected chi connectivity index (χ4v) is 1.65. The predicted molar refractivity (Wildman–Crippen MR) is 67.8 cm³/mol. The zero-order valence-corrected chi connectivity index (χ0v) is 11.2. The first-order valence-electron chi connectivity index (χ1n) is 6.51. The molecule has 17 heavy (non-hydrogen) atoms. The number of hydrogen-bond acceptors (Lipinski definition) is 2. The van der Waals surface area contributed by atoms with Crippen LogP contribution in [0.15, 0.2) is 0 Å². The molecule has 0 aliphatic heterocycles. The van der Waals surface area contributed by atoms with E-state index in [4.69, 9.17) is 5.11 Å². The maximum atomic E-state index is 11.5. The van der Waals surface area contributed by atoms with Gasteiger partial charge < -0.3 is 10.4 Å². The first kappa shape index (κ1) is 15.9. The summed E-state index contributed by atoms with van der Waals surface area (Å²) in [6, 6.07) is -0.766. The molecule has 1 atom stereocenters. The van der Waals surface area contributed by atoms with E-state index in [1.807, 2.05) is 0 Å². The largest absolute Gasteiger partial charge is 0.480 e. The van der Waals surface area contributed by atoms with E-state index in [2.05, 4.69) is 12.2 Å². The number of carbonyl (C=O) groups excluding carboxylic acids is 1. The van der Waals surface area contributed by atoms with Crippen LogP contribution in [0.1, 0.15) is 59.3 Å². The number of amides is 1. The van der Waals surface area contributed by atoms with Crippen molar-refractivity contribution in [3.63, 3.8) is 0 Å². The summed E-state index contributed by atoms with van der Waals surface area (Å²) in [5.41, 5.74) is 0. The number of carboxylic acids is 1. The van der Waals surface area contributed by atoms with Gasteiger partial charge in [0.15, 0.2) is 0 Å². The Morgan fingerprint density at radius 2 is 1.71 bits per heavy atom. The van der Waals surface area contributed by atoms with Crippen molar-refractivity contribution in [2.45, 2.75) is 65.3 Å². The Labute approximate surface area is 104 Å². The van der Waals surface area contributed by atoms with Gasteiger partial charge in [-0.3, -0.25) is 4.79 Å². The Hall–Kier alpha value is -1.06. The minimum absolute atomic E-state index is 0.0865. The standard InChI is InChI=1S/C13H25NO3/c1-4-5-6-7-8-9-11(15)14-12(10(2)3)13(16)17/h10,12H,4-9H2,1-3H3,(H,14,15)(H,16,17)/t12-/m1/s1. The second-order valence-corrected chi connectivity index (χ2v) is 4.79. The van der Waals surface area contributed by atoms with Crippen molar-refractivity contribution < 1.29 is 14.7 Å². The van der Waals surface area contributed by atoms with E-state index < -0.39 is 12.0 Å². The highest BCUT2D eigenvalue weighted by Crippen LogP contribution is 2.06. The zero-order valence-electron chi connectivity index (χ0n) is 11.2. The molecule has 4 nitrogen and oxygen atoms in total. The minimum Gasteiger partial charge on any atom is -0.480 e. The number of carboxylic acid groups (broad SMARTS) is 1. The molecule has 0 heterocycles. The van der Waals surface area contributed by atoms with Crippen LogP contribution in [0.5, 0.6) is 0 Å². The Balaban J connectivity index is 3.80. The monoisotopic (exact) mass is 243 g/mol. The molecule has 0 unspecified atom stereocenters. The molecule has 0 radical (unpaired) electrons. The van der Waals surface area contributed by atoms with Gasteiger partial charge in [0.25, 0.3) is 0 Å². The summed E-state index contributed by atoms with van der Waals surface area (Å²) in [6.07, 6.45) is 5.85. The number of carbonyl (C=O) groups is 2. The van der Waals surface area contributed by atoms with Crippen LogP contribution in [0.2, 0.25) is 0 Å². The van der Waals surface area contributed by atoms with Gasteiger partial charge >= 0.3 is 5.97 Å². The number of unbranched alkanes of at least 4 members (excludes halogenated alkanes) is 4. The molecule has 0 aliphatic rings. The molecule has 0 spiro atoms. The first-order valence-corrected chi connectivity index (χ1v) is 6.51. The van der Waals surface area contributed by atoms with Crippen molar-refractivity contribution in [1.82, 2.24) is 5.32 Å². The predicted octanol–water partition coefficient (Wildman–Crippen LogP) is 2.57. The van der Waals surface area contributed by atoms with Crippen LogP contribution >= 0.6 is 0 Å². The lowest BCUT2D eigenvalue weighted by Gasteiger charge is -2.17. The fraction of sp³-hybridized carbons (Fsp3) is 0.846. The number of aliphatic carboxylic acids is 1. The zero-order chi connectivity index (χ0) is 13.3. The third-order valence-corrected chi connectivity index (χ3v) is 2.76. The molecule has 0 aromatic carbocycles. The maximum absolute atomic E-state index is 11.5. The molecule has 0 aliphatic carbocycles. The number of rotatable bonds is 9. The third kappa shape index (κ3) is 7.77. The summed E-state index contributed by atoms with van der Waals surface area (Å²) >= 11 is 0. The molecule has 0 saturated heterocycles. The fourth-order valence-electron chi connectivity index (χ4n) is 1.65. The molecule has 0 saturated carbocycles. The maximum Gasteiger partial charge on any atom is 0.326 e. The van der Waals surface area contributed by atoms with Crippen molar-refractivity contribution in [2.75, 3.05) is 0 Å². The van der Waals surface area contributed by atoms with Gasteiger partial charge in [0.1, 0.15) is 6.04 Å². The van der Waals surface area contributed by atoms with E-state index in [0.717, 1.165) is 19.3 Å². The van der Waals surface area contributed by atoms with Crippen LogP contribution in [-0.4, -0.2) is 23.0 Å². The van der Waals surface area contributed by atoms with Gasteiger partial charge in [-0.05, 0) is 12.3 Å². The molecular formula is C13H25NO3. The Kier molecular flexibility index (Phi) is 8.46. The van der Waals surface area contributed by atoms with Gasteiger partial charge in [0.2, 0.25) is 5.91 Å². The van der Waals surface area contributed by atoms with E-state index in [0.29, 0.717) is 6.42 Å². The van der Waals surface area contributed by atoms with Crippen LogP contribution < -0.4 is 5.32 Å². The van der Waals surface area contributed by atoms with Crippen molar-refractivity contribution in [2.24, 2.45) is 5.92 Å². The minimum atomic E-state index is -0.959. The van der Waals surface area contributed by atoms with E-state index in [1.165, 1.54) is 12.8 Å². The van der Waals surface area contributed by atoms with Crippen molar-refractivity contribution in [3.8, 4) is 0 Å². The van der Waals surface area contributed by atoms with Crippen molar-refractivity contribution in [1.29, 1.82) is 0 Å². The molecule has 2 N–H and O–H groups in total. The average Bonchev–Trinajstić information content (AvgIpc) is 2.24. The summed E-state index contributed by atoms with van der Waals surface area (Å²) in [5, 5.41) is 11.5. The van der Waals surface area contributed by atoms with Crippen molar-refractivity contribution >= 4 is 11.9 Å². The molecule has 0 aromatic rings. The van der Waals surface area contributed by atoms with Gasteiger partial charge in [-0.1, -0.05) is 46.5 Å². The normalized spacial score (nSPS) is 12.5. The molecule has 100 valence electrons. The summed E-state index contributed by atoms with van der Waals surface area (Å²) in [7, 11) is 0. The molecule has 4 heteroatoms. The van der Waals surface area contributed by atoms with Gasteiger partial charge in [0.05, 0.1) is 0 Å². The van der Waals surface area contributed by atoms with E-state index in [-0.39, 0.29) is 11.8 Å². The quantitative estimate of drug-likeness (QED) is 0.612. The van der Waals surface area contributed by atoms with Gasteiger partial charge in [-0.15, -0.1) is 0 Å². The highest BCUT2D eigenvalue weighted by molar-refractivity contribution is 5.83. The Morgan fingerprint density at radius 3 is 2.18 bits per heavy atom. The van der Waals surface area contributed by atoms with Crippen LogP contribution in [0.3, 0.4) is 0 Å².